The quantitative estimate of drug-likeness (QED) is 0.734. The van der Waals surface area contributed by atoms with Crippen LogP contribution in [0.2, 0.25) is 0 Å². The molecule has 2 aromatic heterocycles. The van der Waals surface area contributed by atoms with E-state index in [-0.39, 0.29) is 11.8 Å². The molecule has 7 heteroatoms. The van der Waals surface area contributed by atoms with Crippen LogP contribution >= 0.6 is 0 Å². The topological polar surface area (TPSA) is 89.1 Å². The number of rotatable bonds is 3. The maximum Gasteiger partial charge on any atom is 0.226 e. The van der Waals surface area contributed by atoms with E-state index < -0.39 is 0 Å². The molecule has 2 N–H and O–H groups in total. The van der Waals surface area contributed by atoms with Crippen LogP contribution in [-0.4, -0.2) is 34.8 Å². The number of H-pyrrole nitrogens is 1. The average molecular weight is 374 g/mol. The number of aromatic nitrogens is 3. The average Bonchev–Trinajstić information content (AvgIpc) is 3.16. The molecule has 2 aliphatic rings. The molecule has 0 spiro atoms. The van der Waals surface area contributed by atoms with Gasteiger partial charge in [0.2, 0.25) is 5.91 Å². The highest BCUT2D eigenvalue weighted by Gasteiger charge is 2.34. The number of carbonyl (C=O) groups is 1. The number of methoxy groups -OCH3 is 1. The maximum atomic E-state index is 12.3. The third kappa shape index (κ3) is 2.63. The number of nitrogens with one attached hydrogen (secondary N) is 2. The normalized spacial score (nSPS) is 17.7. The largest absolute Gasteiger partial charge is 0.493 e. The summed E-state index contributed by atoms with van der Waals surface area (Å²) in [6.45, 7) is 0.391. The van der Waals surface area contributed by atoms with E-state index in [1.54, 1.807) is 19.5 Å². The minimum absolute atomic E-state index is 0.0564. The molecule has 28 heavy (non-hydrogen) atoms. The second-order valence-electron chi connectivity index (χ2n) is 6.79. The minimum Gasteiger partial charge on any atom is -0.493 e. The molecule has 0 fully saturated rings. The number of hydrogen-bond acceptors (Lipinski definition) is 5. The van der Waals surface area contributed by atoms with Gasteiger partial charge >= 0.3 is 0 Å². The number of aromatic amines is 1. The van der Waals surface area contributed by atoms with Gasteiger partial charge in [0.05, 0.1) is 12.8 Å². The van der Waals surface area contributed by atoms with Crippen molar-refractivity contribution in [3.05, 3.63) is 59.4 Å². The summed E-state index contributed by atoms with van der Waals surface area (Å²) in [7, 11) is 1.63. The van der Waals surface area contributed by atoms with Crippen LogP contribution in [0.3, 0.4) is 0 Å². The first-order valence-electron chi connectivity index (χ1n) is 9.03. The number of pyridine rings is 1. The third-order valence-corrected chi connectivity index (χ3v) is 5.15. The first kappa shape index (κ1) is 16.6. The second kappa shape index (κ2) is 6.53. The Morgan fingerprint density at radius 1 is 1.25 bits per heavy atom. The maximum absolute atomic E-state index is 12.3. The van der Waals surface area contributed by atoms with Crippen LogP contribution < -0.4 is 14.8 Å². The highest BCUT2D eigenvalue weighted by Crippen LogP contribution is 2.45. The minimum atomic E-state index is -0.128. The fraction of sp³-hybridized carbons (Fsp3) is 0.190. The van der Waals surface area contributed by atoms with Gasteiger partial charge in [-0.15, -0.1) is 0 Å². The molecule has 0 saturated carbocycles. The van der Waals surface area contributed by atoms with Gasteiger partial charge in [0.1, 0.15) is 6.61 Å². The van der Waals surface area contributed by atoms with Crippen molar-refractivity contribution in [1.29, 1.82) is 0 Å². The van der Waals surface area contributed by atoms with Gasteiger partial charge in [-0.05, 0) is 29.8 Å². The second-order valence-corrected chi connectivity index (χ2v) is 6.79. The number of para-hydroxylation sites is 1. The van der Waals surface area contributed by atoms with Crippen molar-refractivity contribution in [2.45, 2.75) is 12.3 Å². The van der Waals surface area contributed by atoms with Crippen LogP contribution in [0.4, 0.5) is 5.82 Å². The summed E-state index contributed by atoms with van der Waals surface area (Å²) in [5.41, 5.74) is 4.74. The van der Waals surface area contributed by atoms with Crippen molar-refractivity contribution in [2.75, 3.05) is 19.0 Å². The van der Waals surface area contributed by atoms with E-state index in [4.69, 9.17) is 9.47 Å². The Morgan fingerprint density at radius 2 is 2.18 bits per heavy atom. The molecule has 0 aliphatic carbocycles. The highest BCUT2D eigenvalue weighted by molar-refractivity contribution is 5.96. The highest BCUT2D eigenvalue weighted by atomic mass is 16.5. The standard InChI is InChI=1S/C21H18N4O3/c1-27-16-6-2-4-12-8-14(11-28-20(12)16)15-9-17(26)23-21-18(15)19(24-25-21)13-5-3-7-22-10-13/h2-8,10,15H,9,11H2,1H3,(H2,23,24,25,26). The monoisotopic (exact) mass is 374 g/mol. The number of fused-ring (bicyclic) bond motifs is 2. The Balaban J connectivity index is 1.62. The predicted molar refractivity (Wildman–Crippen MR) is 104 cm³/mol. The first-order valence-corrected chi connectivity index (χ1v) is 9.03. The van der Waals surface area contributed by atoms with Crippen molar-refractivity contribution < 1.29 is 14.3 Å². The van der Waals surface area contributed by atoms with Crippen LogP contribution in [-0.2, 0) is 4.79 Å². The number of ether oxygens (including phenoxy) is 2. The summed E-state index contributed by atoms with van der Waals surface area (Å²) in [5, 5.41) is 10.3. The number of amides is 1. The summed E-state index contributed by atoms with van der Waals surface area (Å²) in [6, 6.07) is 9.64. The van der Waals surface area contributed by atoms with E-state index in [0.717, 1.165) is 33.7 Å². The molecule has 3 aromatic rings. The molecule has 4 heterocycles. The first-order chi connectivity index (χ1) is 13.7. The molecule has 1 atom stereocenters. The lowest BCUT2D eigenvalue weighted by Gasteiger charge is -2.28. The summed E-state index contributed by atoms with van der Waals surface area (Å²) >= 11 is 0. The van der Waals surface area contributed by atoms with Crippen LogP contribution in [0.25, 0.3) is 17.3 Å². The molecule has 7 nitrogen and oxygen atoms in total. The predicted octanol–water partition coefficient (Wildman–Crippen LogP) is 3.38. The molecule has 2 aliphatic heterocycles. The molecule has 5 rings (SSSR count). The van der Waals surface area contributed by atoms with E-state index in [2.05, 4.69) is 26.6 Å². The molecular formula is C21H18N4O3. The summed E-state index contributed by atoms with van der Waals surface area (Å²) < 4.78 is 11.4. The van der Waals surface area contributed by atoms with E-state index in [1.807, 2.05) is 30.3 Å². The Morgan fingerprint density at radius 3 is 3.00 bits per heavy atom. The van der Waals surface area contributed by atoms with Gasteiger partial charge < -0.3 is 14.8 Å². The van der Waals surface area contributed by atoms with Gasteiger partial charge in [-0.25, -0.2) is 0 Å². The Bertz CT molecular complexity index is 1090. The molecule has 0 radical (unpaired) electrons. The van der Waals surface area contributed by atoms with E-state index in [1.165, 1.54) is 0 Å². The summed E-state index contributed by atoms with van der Waals surface area (Å²) in [4.78, 5) is 16.5. The number of nitrogens with zero attached hydrogens (tertiary/aromatic N) is 2. The fourth-order valence-corrected chi connectivity index (χ4v) is 3.86. The van der Waals surface area contributed by atoms with Crippen LogP contribution in [0.15, 0.2) is 48.3 Å². The van der Waals surface area contributed by atoms with E-state index >= 15 is 0 Å². The molecule has 140 valence electrons. The third-order valence-electron chi connectivity index (χ3n) is 5.15. The number of anilines is 1. The van der Waals surface area contributed by atoms with Crippen molar-refractivity contribution in [2.24, 2.45) is 0 Å². The summed E-state index contributed by atoms with van der Waals surface area (Å²) in [6.07, 6.45) is 5.95. The van der Waals surface area contributed by atoms with Crippen molar-refractivity contribution in [3.8, 4) is 22.8 Å². The zero-order valence-corrected chi connectivity index (χ0v) is 15.2. The van der Waals surface area contributed by atoms with Gasteiger partial charge in [-0.2, -0.15) is 5.10 Å². The van der Waals surface area contributed by atoms with Crippen molar-refractivity contribution >= 4 is 17.8 Å². The van der Waals surface area contributed by atoms with Crippen LogP contribution in [0.1, 0.15) is 23.5 Å². The lowest BCUT2D eigenvalue weighted by atomic mass is 9.83. The zero-order valence-electron chi connectivity index (χ0n) is 15.2. The smallest absolute Gasteiger partial charge is 0.226 e. The van der Waals surface area contributed by atoms with Gasteiger partial charge in [0.15, 0.2) is 17.3 Å². The van der Waals surface area contributed by atoms with E-state index in [0.29, 0.717) is 24.6 Å². The Labute approximate surface area is 161 Å². The fourth-order valence-electron chi connectivity index (χ4n) is 3.86. The number of carbonyl (C=O) groups excluding carboxylic acids is 1. The Kier molecular flexibility index (Phi) is 3.86. The van der Waals surface area contributed by atoms with Crippen LogP contribution in [0.5, 0.6) is 11.5 Å². The van der Waals surface area contributed by atoms with E-state index in [9.17, 15) is 4.79 Å². The lowest BCUT2D eigenvalue weighted by Crippen LogP contribution is -2.26. The SMILES string of the molecule is COc1cccc2c1OCC(C1CC(=O)Nc3n[nH]c(-c4cccnc4)c31)=C2. The number of hydrogen-bond donors (Lipinski definition) is 2. The molecule has 1 aromatic carbocycles. The van der Waals surface area contributed by atoms with Gasteiger partial charge in [0, 0.05) is 41.4 Å². The zero-order chi connectivity index (χ0) is 19.1. The Hall–Kier alpha value is -3.61. The van der Waals surface area contributed by atoms with Gasteiger partial charge in [0.25, 0.3) is 0 Å². The lowest BCUT2D eigenvalue weighted by molar-refractivity contribution is -0.116. The van der Waals surface area contributed by atoms with Crippen LogP contribution in [0, 0.1) is 0 Å². The molecule has 0 saturated heterocycles. The molecular weight excluding hydrogens is 356 g/mol. The molecule has 1 amide bonds. The summed E-state index contributed by atoms with van der Waals surface area (Å²) in [5.74, 6) is 1.82. The van der Waals surface area contributed by atoms with Crippen molar-refractivity contribution in [1.82, 2.24) is 15.2 Å². The molecule has 0 bridgehead atoms. The van der Waals surface area contributed by atoms with Gasteiger partial charge in [-0.3, -0.25) is 14.9 Å². The van der Waals surface area contributed by atoms with Crippen molar-refractivity contribution in [3.63, 3.8) is 0 Å². The van der Waals surface area contributed by atoms with Gasteiger partial charge in [-0.1, -0.05) is 12.1 Å². The number of benzene rings is 1. The molecule has 1 unspecified atom stereocenters.